The van der Waals surface area contributed by atoms with E-state index in [4.69, 9.17) is 37.9 Å². The van der Waals surface area contributed by atoms with Gasteiger partial charge in [0.25, 0.3) is 0 Å². The number of rotatable bonds is 35. The van der Waals surface area contributed by atoms with Crippen LogP contribution in [0.15, 0.2) is 97.1 Å². The summed E-state index contributed by atoms with van der Waals surface area (Å²) >= 11 is 0. The molecular weight excluding hydrogens is 837 g/mol. The summed E-state index contributed by atoms with van der Waals surface area (Å²) in [4.78, 5) is 0. The summed E-state index contributed by atoms with van der Waals surface area (Å²) in [6, 6.07) is 32.2. The minimum Gasteiger partial charge on any atom is -0.491 e. The van der Waals surface area contributed by atoms with Crippen LogP contribution in [0, 0.1) is 0 Å². The average molecular weight is 915 g/mol. The van der Waals surface area contributed by atoms with Crippen LogP contribution < -0.4 is 18.9 Å². The van der Waals surface area contributed by atoms with Crippen molar-refractivity contribution in [1.29, 1.82) is 0 Å². The number of aliphatic hydroxyl groups is 3. The highest BCUT2D eigenvalue weighted by molar-refractivity contribution is 5.43. The van der Waals surface area contributed by atoms with Gasteiger partial charge in [-0.25, -0.2) is 0 Å². The van der Waals surface area contributed by atoms with Crippen molar-refractivity contribution in [3.63, 3.8) is 0 Å². The van der Waals surface area contributed by atoms with E-state index < -0.39 is 18.3 Å². The van der Waals surface area contributed by atoms with Crippen molar-refractivity contribution in [2.24, 2.45) is 0 Å². The van der Waals surface area contributed by atoms with E-state index in [-0.39, 0.29) is 43.4 Å². The second-order valence-electron chi connectivity index (χ2n) is 18.6. The molecule has 0 saturated carbocycles. The van der Waals surface area contributed by atoms with Gasteiger partial charge in [-0.05, 0) is 83.6 Å². The second-order valence-corrected chi connectivity index (χ2v) is 18.6. The van der Waals surface area contributed by atoms with Crippen molar-refractivity contribution in [1.82, 2.24) is 0 Å². The van der Waals surface area contributed by atoms with E-state index in [1.54, 1.807) is 7.11 Å². The lowest BCUT2D eigenvalue weighted by Crippen LogP contribution is -2.25. The Balaban J connectivity index is 0.894. The summed E-state index contributed by atoms with van der Waals surface area (Å²) in [5, 5.41) is 30.7. The maximum Gasteiger partial charge on any atom is 0.122 e. The highest BCUT2D eigenvalue weighted by Gasteiger charge is 2.26. The lowest BCUT2D eigenvalue weighted by molar-refractivity contribution is -0.00684. The highest BCUT2D eigenvalue weighted by Crippen LogP contribution is 2.35. The monoisotopic (exact) mass is 915 g/mol. The van der Waals surface area contributed by atoms with Crippen molar-refractivity contribution in [3.05, 3.63) is 119 Å². The fourth-order valence-corrected chi connectivity index (χ4v) is 7.73. The predicted octanol–water partition coefficient (Wildman–Crippen LogP) is 9.62. The van der Waals surface area contributed by atoms with Crippen LogP contribution in [-0.2, 0) is 29.8 Å². The standard InChI is InChI=1S/C55H78O11/c1-54(2,42-16-24-49(25-17-42)62-37-47(57)36-61-33-15-13-11-9-7-6-8-10-12-14-32-60-35-46(56)34-59-5)43-18-26-50(27-19-43)63-38-48(58)39-64-51-28-20-44(21-29-51)55(3,4)45-22-30-52(31-23-45)65-40-53-41-66-53/h16-31,46-48,53,56-58H,6-15,32-41H2,1-5H3. The molecule has 3 N–H and O–H groups in total. The molecule has 66 heavy (non-hydrogen) atoms. The fourth-order valence-electron chi connectivity index (χ4n) is 7.73. The van der Waals surface area contributed by atoms with Gasteiger partial charge in [-0.3, -0.25) is 0 Å². The van der Waals surface area contributed by atoms with Crippen LogP contribution in [0.1, 0.15) is 114 Å². The number of aliphatic hydroxyl groups excluding tert-OH is 3. The lowest BCUT2D eigenvalue weighted by Gasteiger charge is -2.27. The molecule has 1 aliphatic rings. The van der Waals surface area contributed by atoms with E-state index >= 15 is 0 Å². The summed E-state index contributed by atoms with van der Waals surface area (Å²) in [6.07, 6.45) is 10.1. The molecule has 1 heterocycles. The molecule has 5 rings (SSSR count). The Hall–Kier alpha value is -4.20. The van der Waals surface area contributed by atoms with E-state index in [2.05, 4.69) is 76.2 Å². The molecule has 4 aromatic carbocycles. The van der Waals surface area contributed by atoms with Crippen LogP contribution in [0.2, 0.25) is 0 Å². The Labute approximate surface area is 394 Å². The van der Waals surface area contributed by atoms with E-state index in [1.165, 1.54) is 50.5 Å². The second kappa shape index (κ2) is 28.2. The SMILES string of the molecule is COCC(O)COCCCCCCCCCCCCOCC(O)COc1ccc(C(C)(C)c2ccc(OCC(O)COc3ccc(C(C)(C)c4ccc(OCC5CO5)cc4)cc3)cc2)cc1. The van der Waals surface area contributed by atoms with Crippen LogP contribution in [0.4, 0.5) is 0 Å². The van der Waals surface area contributed by atoms with Crippen molar-refractivity contribution in [2.75, 3.05) is 73.2 Å². The van der Waals surface area contributed by atoms with Gasteiger partial charge in [0.05, 0.1) is 26.4 Å². The van der Waals surface area contributed by atoms with Crippen molar-refractivity contribution >= 4 is 0 Å². The summed E-state index contributed by atoms with van der Waals surface area (Å²) in [5.41, 5.74) is 4.10. The van der Waals surface area contributed by atoms with Crippen LogP contribution in [0.5, 0.6) is 23.0 Å². The van der Waals surface area contributed by atoms with E-state index in [9.17, 15) is 15.3 Å². The molecule has 0 aromatic heterocycles. The van der Waals surface area contributed by atoms with E-state index in [0.29, 0.717) is 50.3 Å². The zero-order chi connectivity index (χ0) is 47.0. The minimum atomic E-state index is -0.802. The molecule has 0 spiro atoms. The fraction of sp³-hybridized carbons (Fsp3) is 0.564. The summed E-state index contributed by atoms with van der Waals surface area (Å²) in [7, 11) is 1.58. The maximum atomic E-state index is 10.7. The van der Waals surface area contributed by atoms with Gasteiger partial charge in [-0.1, -0.05) is 128 Å². The van der Waals surface area contributed by atoms with E-state index in [0.717, 1.165) is 48.3 Å². The van der Waals surface area contributed by atoms with Gasteiger partial charge in [-0.2, -0.15) is 0 Å². The van der Waals surface area contributed by atoms with Gasteiger partial charge in [-0.15, -0.1) is 0 Å². The first-order valence-corrected chi connectivity index (χ1v) is 24.2. The Morgan fingerprint density at radius 3 is 1.05 bits per heavy atom. The number of unbranched alkanes of at least 4 members (excludes halogenated alkanes) is 9. The van der Waals surface area contributed by atoms with Crippen LogP contribution >= 0.6 is 0 Å². The average Bonchev–Trinajstić information content (AvgIpc) is 4.17. The molecule has 0 bridgehead atoms. The van der Waals surface area contributed by atoms with Gasteiger partial charge in [0.15, 0.2) is 0 Å². The lowest BCUT2D eigenvalue weighted by atomic mass is 9.78. The van der Waals surface area contributed by atoms with Crippen molar-refractivity contribution < 1.29 is 53.2 Å². The number of methoxy groups -OCH3 is 1. The molecule has 0 aliphatic carbocycles. The van der Waals surface area contributed by atoms with Crippen LogP contribution in [0.3, 0.4) is 0 Å². The number of hydrogen-bond acceptors (Lipinski definition) is 11. The van der Waals surface area contributed by atoms with Crippen LogP contribution in [-0.4, -0.2) is 113 Å². The van der Waals surface area contributed by atoms with Crippen molar-refractivity contribution in [3.8, 4) is 23.0 Å². The summed E-state index contributed by atoms with van der Waals surface area (Å²) < 4.78 is 44.9. The third kappa shape index (κ3) is 18.8. The van der Waals surface area contributed by atoms with Crippen LogP contribution in [0.25, 0.3) is 0 Å². The Morgan fingerprint density at radius 1 is 0.439 bits per heavy atom. The van der Waals surface area contributed by atoms with E-state index in [1.807, 2.05) is 48.5 Å². The predicted molar refractivity (Wildman–Crippen MR) is 259 cm³/mol. The number of benzene rings is 4. The maximum absolute atomic E-state index is 10.7. The zero-order valence-electron chi connectivity index (χ0n) is 40.3. The molecule has 4 aromatic rings. The zero-order valence-corrected chi connectivity index (χ0v) is 40.3. The quantitative estimate of drug-likeness (QED) is 0.0301. The molecule has 0 radical (unpaired) electrons. The molecular formula is C55H78O11. The third-order valence-electron chi connectivity index (χ3n) is 12.3. The molecule has 0 amide bonds. The Bertz CT molecular complexity index is 1880. The van der Waals surface area contributed by atoms with Gasteiger partial charge < -0.3 is 53.2 Å². The molecule has 1 fully saturated rings. The first-order valence-electron chi connectivity index (χ1n) is 24.2. The first kappa shape index (κ1) is 52.8. The summed E-state index contributed by atoms with van der Waals surface area (Å²) in [6.45, 7) is 12.8. The molecule has 11 nitrogen and oxygen atoms in total. The summed E-state index contributed by atoms with van der Waals surface area (Å²) in [5.74, 6) is 2.91. The topological polar surface area (TPSA) is 138 Å². The number of hydrogen-bond donors (Lipinski definition) is 3. The normalized spacial score (nSPS) is 15.2. The smallest absolute Gasteiger partial charge is 0.122 e. The van der Waals surface area contributed by atoms with Gasteiger partial charge in [0.2, 0.25) is 0 Å². The Kier molecular flexibility index (Phi) is 22.5. The molecule has 1 aliphatic heterocycles. The van der Waals surface area contributed by atoms with Gasteiger partial charge in [0.1, 0.15) is 73.8 Å². The molecule has 1 saturated heterocycles. The largest absolute Gasteiger partial charge is 0.491 e. The molecule has 4 unspecified atom stereocenters. The molecule has 364 valence electrons. The minimum absolute atomic E-state index is 0.106. The Morgan fingerprint density at radius 2 is 0.727 bits per heavy atom. The van der Waals surface area contributed by atoms with Gasteiger partial charge >= 0.3 is 0 Å². The van der Waals surface area contributed by atoms with Gasteiger partial charge in [0, 0.05) is 31.2 Å². The molecule has 11 heteroatoms. The highest BCUT2D eigenvalue weighted by atomic mass is 16.6. The third-order valence-corrected chi connectivity index (χ3v) is 12.3. The number of epoxide rings is 1. The van der Waals surface area contributed by atoms with Crippen molar-refractivity contribution in [2.45, 2.75) is 127 Å². The number of ether oxygens (including phenoxy) is 8. The molecule has 4 atom stereocenters. The first-order chi connectivity index (χ1) is 31.9.